The number of furan rings is 1. The number of likely N-dealkylation sites (tertiary alicyclic amines) is 1. The van der Waals surface area contributed by atoms with Gasteiger partial charge in [0.2, 0.25) is 0 Å². The molecule has 154 valence electrons. The van der Waals surface area contributed by atoms with Crippen LogP contribution >= 0.6 is 0 Å². The maximum Gasteiger partial charge on any atom is 0.291 e. The van der Waals surface area contributed by atoms with E-state index in [0.29, 0.717) is 11.8 Å². The van der Waals surface area contributed by atoms with Crippen molar-refractivity contribution in [2.75, 3.05) is 36.9 Å². The third-order valence-corrected chi connectivity index (χ3v) is 5.84. The number of benzene rings is 1. The molecule has 1 amide bonds. The summed E-state index contributed by atoms with van der Waals surface area (Å²) in [5.74, 6) is 1.42. The molecule has 3 aromatic rings. The van der Waals surface area contributed by atoms with Crippen LogP contribution in [0.4, 0.5) is 11.4 Å². The molecule has 30 heavy (non-hydrogen) atoms. The number of rotatable bonds is 5. The highest BCUT2D eigenvalue weighted by Gasteiger charge is 2.39. The second kappa shape index (κ2) is 7.84. The summed E-state index contributed by atoms with van der Waals surface area (Å²) in [4.78, 5) is 21.4. The van der Waals surface area contributed by atoms with Gasteiger partial charge in [0.05, 0.1) is 6.20 Å². The minimum atomic E-state index is -0.317. The molecule has 4 heterocycles. The number of hydrogen-bond donors (Lipinski definition) is 1. The van der Waals surface area contributed by atoms with Crippen molar-refractivity contribution >= 4 is 17.3 Å². The molecule has 2 aliphatic rings. The van der Waals surface area contributed by atoms with Gasteiger partial charge in [-0.25, -0.2) is 0 Å². The molecule has 5 rings (SSSR count). The Morgan fingerprint density at radius 3 is 2.83 bits per heavy atom. The van der Waals surface area contributed by atoms with Crippen LogP contribution in [0.15, 0.2) is 65.3 Å². The van der Waals surface area contributed by atoms with Gasteiger partial charge in [0.1, 0.15) is 5.75 Å². The molecule has 2 fully saturated rings. The molecule has 2 saturated heterocycles. The molecule has 2 aliphatic heterocycles. The summed E-state index contributed by atoms with van der Waals surface area (Å²) in [5, 5.41) is 2.88. The van der Waals surface area contributed by atoms with Gasteiger partial charge in [-0.3, -0.25) is 9.78 Å². The standard InChI is InChI=1S/C23H24N4O3/c1-26-14-16-10-12-27(20(16)15-26)18-6-4-17(5-7-18)25-23(28)21-8-9-22(30-21)29-19-3-2-11-24-13-19/h2-9,11,13,16,20H,10,12,14-15H2,1H3,(H,25,28)/t16-,20+/m0/s1. The Hall–Kier alpha value is -3.32. The van der Waals surface area contributed by atoms with Crippen LogP contribution in [0, 0.1) is 5.92 Å². The van der Waals surface area contributed by atoms with E-state index in [1.165, 1.54) is 18.7 Å². The number of fused-ring (bicyclic) bond motifs is 1. The molecule has 0 saturated carbocycles. The molecule has 0 radical (unpaired) electrons. The predicted octanol–water partition coefficient (Wildman–Crippen LogP) is 3.86. The second-order valence-electron chi connectivity index (χ2n) is 7.94. The van der Waals surface area contributed by atoms with Crippen LogP contribution in [0.3, 0.4) is 0 Å². The molecule has 1 N–H and O–H groups in total. The Kier molecular flexibility index (Phi) is 4.88. The normalized spacial score (nSPS) is 20.9. The van der Waals surface area contributed by atoms with Gasteiger partial charge in [-0.2, -0.15) is 0 Å². The number of nitrogens with zero attached hydrogens (tertiary/aromatic N) is 3. The van der Waals surface area contributed by atoms with Gasteiger partial charge in [-0.15, -0.1) is 0 Å². The van der Waals surface area contributed by atoms with Crippen molar-refractivity contribution in [1.82, 2.24) is 9.88 Å². The van der Waals surface area contributed by atoms with Gasteiger partial charge in [-0.1, -0.05) is 0 Å². The second-order valence-corrected chi connectivity index (χ2v) is 7.94. The maximum atomic E-state index is 12.5. The Labute approximate surface area is 175 Å². The van der Waals surface area contributed by atoms with Crippen LogP contribution in [0.2, 0.25) is 0 Å². The lowest BCUT2D eigenvalue weighted by molar-refractivity contribution is 0.0992. The van der Waals surface area contributed by atoms with Crippen LogP contribution in [0.25, 0.3) is 0 Å². The summed E-state index contributed by atoms with van der Waals surface area (Å²) in [7, 11) is 2.19. The summed E-state index contributed by atoms with van der Waals surface area (Å²) < 4.78 is 11.1. The molecular formula is C23H24N4O3. The minimum absolute atomic E-state index is 0.189. The van der Waals surface area contributed by atoms with Crippen molar-refractivity contribution in [3.05, 3.63) is 66.7 Å². The van der Waals surface area contributed by atoms with Crippen molar-refractivity contribution in [1.29, 1.82) is 0 Å². The molecule has 2 aromatic heterocycles. The third kappa shape index (κ3) is 3.76. The van der Waals surface area contributed by atoms with Gasteiger partial charge >= 0.3 is 0 Å². The first-order valence-electron chi connectivity index (χ1n) is 10.2. The molecular weight excluding hydrogens is 380 g/mol. The Bertz CT molecular complexity index is 1020. The number of amides is 1. The number of aromatic nitrogens is 1. The number of pyridine rings is 1. The summed E-state index contributed by atoms with van der Waals surface area (Å²) in [6.45, 7) is 3.40. The lowest BCUT2D eigenvalue weighted by Gasteiger charge is -2.26. The highest BCUT2D eigenvalue weighted by Crippen LogP contribution is 2.35. The zero-order chi connectivity index (χ0) is 20.5. The first-order valence-corrected chi connectivity index (χ1v) is 10.2. The van der Waals surface area contributed by atoms with E-state index in [2.05, 4.69) is 39.3 Å². The number of anilines is 2. The molecule has 0 bridgehead atoms. The van der Waals surface area contributed by atoms with Gasteiger partial charge in [0, 0.05) is 49.3 Å². The first-order chi connectivity index (χ1) is 14.7. The molecule has 0 spiro atoms. The van der Waals surface area contributed by atoms with Gasteiger partial charge in [0.25, 0.3) is 11.9 Å². The van der Waals surface area contributed by atoms with Crippen molar-refractivity contribution in [3.63, 3.8) is 0 Å². The van der Waals surface area contributed by atoms with E-state index in [1.54, 1.807) is 36.7 Å². The van der Waals surface area contributed by atoms with Crippen molar-refractivity contribution in [2.45, 2.75) is 12.5 Å². The Morgan fingerprint density at radius 2 is 2.03 bits per heavy atom. The number of likely N-dealkylation sites (N-methyl/N-ethyl adjacent to an activating group) is 1. The maximum absolute atomic E-state index is 12.5. The quantitative estimate of drug-likeness (QED) is 0.696. The van der Waals surface area contributed by atoms with Crippen molar-refractivity contribution in [3.8, 4) is 11.7 Å². The number of carbonyl (C=O) groups excluding carboxylic acids is 1. The number of nitrogens with one attached hydrogen (secondary N) is 1. The molecule has 7 heteroatoms. The number of ether oxygens (including phenoxy) is 1. The van der Waals surface area contributed by atoms with E-state index in [-0.39, 0.29) is 17.6 Å². The SMILES string of the molecule is CN1C[C@@H]2CCN(c3ccc(NC(=O)c4ccc(Oc5cccnc5)o4)cc3)[C@@H]2C1. The topological polar surface area (TPSA) is 70.8 Å². The Morgan fingerprint density at radius 1 is 1.17 bits per heavy atom. The molecule has 0 unspecified atom stereocenters. The largest absolute Gasteiger partial charge is 0.424 e. The summed E-state index contributed by atoms with van der Waals surface area (Å²) in [6.07, 6.45) is 4.48. The van der Waals surface area contributed by atoms with E-state index in [1.807, 2.05) is 12.1 Å². The van der Waals surface area contributed by atoms with Crippen molar-refractivity contribution < 1.29 is 13.9 Å². The van der Waals surface area contributed by atoms with Gasteiger partial charge in [-0.05, 0) is 61.9 Å². The zero-order valence-electron chi connectivity index (χ0n) is 16.8. The van der Waals surface area contributed by atoms with Crippen LogP contribution in [-0.4, -0.2) is 48.5 Å². The van der Waals surface area contributed by atoms with Crippen LogP contribution in [-0.2, 0) is 0 Å². The van der Waals surface area contributed by atoms with Crippen LogP contribution in [0.1, 0.15) is 17.0 Å². The van der Waals surface area contributed by atoms with E-state index < -0.39 is 0 Å². The minimum Gasteiger partial charge on any atom is -0.424 e. The van der Waals surface area contributed by atoms with Gasteiger partial charge < -0.3 is 24.3 Å². The lowest BCUT2D eigenvalue weighted by Crippen LogP contribution is -2.34. The van der Waals surface area contributed by atoms with E-state index in [9.17, 15) is 4.79 Å². The number of hydrogen-bond acceptors (Lipinski definition) is 6. The van der Waals surface area contributed by atoms with E-state index >= 15 is 0 Å². The fourth-order valence-electron chi connectivity index (χ4n) is 4.44. The van der Waals surface area contributed by atoms with Crippen LogP contribution < -0.4 is 15.0 Å². The monoisotopic (exact) mass is 404 g/mol. The fraction of sp³-hybridized carbons (Fsp3) is 0.304. The predicted molar refractivity (Wildman–Crippen MR) is 114 cm³/mol. The molecule has 2 atom stereocenters. The first kappa shape index (κ1) is 18.7. The smallest absolute Gasteiger partial charge is 0.291 e. The molecule has 0 aliphatic carbocycles. The average Bonchev–Trinajstić information content (AvgIpc) is 3.45. The fourth-order valence-corrected chi connectivity index (χ4v) is 4.44. The van der Waals surface area contributed by atoms with Crippen LogP contribution in [0.5, 0.6) is 11.7 Å². The highest BCUT2D eigenvalue weighted by atomic mass is 16.6. The molecule has 7 nitrogen and oxygen atoms in total. The van der Waals surface area contributed by atoms with Gasteiger partial charge in [0.15, 0.2) is 5.76 Å². The summed E-state index contributed by atoms with van der Waals surface area (Å²) in [5.41, 5.74) is 1.94. The summed E-state index contributed by atoms with van der Waals surface area (Å²) in [6, 6.07) is 15.4. The van der Waals surface area contributed by atoms with E-state index in [4.69, 9.17) is 9.15 Å². The third-order valence-electron chi connectivity index (χ3n) is 5.84. The zero-order valence-corrected chi connectivity index (χ0v) is 16.8. The Balaban J connectivity index is 1.22. The summed E-state index contributed by atoms with van der Waals surface area (Å²) >= 11 is 0. The van der Waals surface area contributed by atoms with E-state index in [0.717, 1.165) is 24.7 Å². The van der Waals surface area contributed by atoms with Crippen molar-refractivity contribution in [2.24, 2.45) is 5.92 Å². The number of carbonyl (C=O) groups is 1. The lowest BCUT2D eigenvalue weighted by atomic mass is 10.0. The average molecular weight is 404 g/mol. The molecule has 1 aromatic carbocycles. The highest BCUT2D eigenvalue weighted by molar-refractivity contribution is 6.02.